The third-order valence-electron chi connectivity index (χ3n) is 2.84. The van der Waals surface area contributed by atoms with Crippen LogP contribution in [0.15, 0.2) is 18.2 Å². The van der Waals surface area contributed by atoms with Crippen molar-refractivity contribution < 1.29 is 18.3 Å². The van der Waals surface area contributed by atoms with Crippen molar-refractivity contribution in [2.45, 2.75) is 39.3 Å². The van der Waals surface area contributed by atoms with Gasteiger partial charge in [-0.2, -0.15) is 0 Å². The summed E-state index contributed by atoms with van der Waals surface area (Å²) in [6.07, 6.45) is -0.152. The van der Waals surface area contributed by atoms with Gasteiger partial charge in [0, 0.05) is 12.2 Å². The quantitative estimate of drug-likeness (QED) is 0.864. The molecule has 2 atom stereocenters. The first kappa shape index (κ1) is 15.6. The van der Waals surface area contributed by atoms with Crippen molar-refractivity contribution in [2.75, 3.05) is 6.61 Å². The SMILES string of the molecule is CCOC(C)C(=O)NC(CC)c1cc(F)ccc1F. The van der Waals surface area contributed by atoms with Crippen LogP contribution in [0.1, 0.15) is 38.8 Å². The third kappa shape index (κ3) is 4.28. The van der Waals surface area contributed by atoms with Crippen molar-refractivity contribution >= 4 is 5.91 Å². The highest BCUT2D eigenvalue weighted by molar-refractivity contribution is 5.80. The fourth-order valence-corrected chi connectivity index (χ4v) is 1.80. The number of amides is 1. The fourth-order valence-electron chi connectivity index (χ4n) is 1.80. The minimum atomic E-state index is -0.615. The van der Waals surface area contributed by atoms with E-state index < -0.39 is 23.8 Å². The zero-order valence-corrected chi connectivity index (χ0v) is 11.4. The molecule has 1 aromatic rings. The van der Waals surface area contributed by atoms with Crippen molar-refractivity contribution in [3.05, 3.63) is 35.4 Å². The molecule has 0 heterocycles. The van der Waals surface area contributed by atoms with E-state index in [1.54, 1.807) is 20.8 Å². The molecule has 1 rings (SSSR count). The van der Waals surface area contributed by atoms with Crippen LogP contribution in [0.4, 0.5) is 8.78 Å². The molecule has 1 amide bonds. The molecule has 0 saturated carbocycles. The van der Waals surface area contributed by atoms with Gasteiger partial charge in [0.25, 0.3) is 0 Å². The van der Waals surface area contributed by atoms with Crippen molar-refractivity contribution in [3.8, 4) is 0 Å². The Morgan fingerprint density at radius 2 is 2.05 bits per heavy atom. The van der Waals surface area contributed by atoms with E-state index in [0.29, 0.717) is 13.0 Å². The summed E-state index contributed by atoms with van der Waals surface area (Å²) in [6.45, 7) is 5.61. The first-order valence-corrected chi connectivity index (χ1v) is 6.36. The Bertz CT molecular complexity index is 437. The van der Waals surface area contributed by atoms with Crippen LogP contribution < -0.4 is 5.32 Å². The predicted octanol–water partition coefficient (Wildman–Crippen LogP) is 2.96. The molecule has 2 unspecified atom stereocenters. The highest BCUT2D eigenvalue weighted by Gasteiger charge is 2.20. The molecule has 0 aliphatic rings. The molecule has 19 heavy (non-hydrogen) atoms. The van der Waals surface area contributed by atoms with Crippen LogP contribution in [0.25, 0.3) is 0 Å². The van der Waals surface area contributed by atoms with Crippen LogP contribution in [-0.2, 0) is 9.53 Å². The molecule has 0 aromatic heterocycles. The molecule has 106 valence electrons. The number of hydrogen-bond donors (Lipinski definition) is 1. The second-order valence-corrected chi connectivity index (χ2v) is 4.23. The summed E-state index contributed by atoms with van der Waals surface area (Å²) in [5, 5.41) is 2.66. The zero-order chi connectivity index (χ0) is 14.4. The lowest BCUT2D eigenvalue weighted by Crippen LogP contribution is -2.37. The summed E-state index contributed by atoms with van der Waals surface area (Å²) < 4.78 is 32.0. The maximum Gasteiger partial charge on any atom is 0.249 e. The molecule has 1 N–H and O–H groups in total. The van der Waals surface area contributed by atoms with Crippen LogP contribution in [0.2, 0.25) is 0 Å². The maximum atomic E-state index is 13.7. The molecule has 0 spiro atoms. The lowest BCUT2D eigenvalue weighted by molar-refractivity contribution is -0.132. The van der Waals surface area contributed by atoms with Gasteiger partial charge in [-0.1, -0.05) is 6.92 Å². The molecule has 0 radical (unpaired) electrons. The van der Waals surface area contributed by atoms with E-state index in [4.69, 9.17) is 4.74 Å². The van der Waals surface area contributed by atoms with Crippen molar-refractivity contribution in [3.63, 3.8) is 0 Å². The van der Waals surface area contributed by atoms with E-state index in [1.165, 1.54) is 0 Å². The topological polar surface area (TPSA) is 38.3 Å². The number of ether oxygens (including phenoxy) is 1. The number of carbonyl (C=O) groups excluding carboxylic acids is 1. The largest absolute Gasteiger partial charge is 0.369 e. The van der Waals surface area contributed by atoms with E-state index in [2.05, 4.69) is 5.32 Å². The minimum absolute atomic E-state index is 0.152. The number of carbonyl (C=O) groups is 1. The predicted molar refractivity (Wildman–Crippen MR) is 68.6 cm³/mol. The van der Waals surface area contributed by atoms with Gasteiger partial charge in [-0.05, 0) is 38.5 Å². The standard InChI is InChI=1S/C14H19F2NO2/c1-4-13(17-14(18)9(3)19-5-2)11-8-10(15)6-7-12(11)16/h6-9,13H,4-5H2,1-3H3,(H,17,18). The molecule has 0 saturated heterocycles. The Balaban J connectivity index is 2.83. The average Bonchev–Trinajstić information content (AvgIpc) is 2.39. The van der Waals surface area contributed by atoms with Gasteiger partial charge in [0.2, 0.25) is 5.91 Å². The molecular weight excluding hydrogens is 252 g/mol. The van der Waals surface area contributed by atoms with Gasteiger partial charge in [0.1, 0.15) is 17.7 Å². The summed E-state index contributed by atoms with van der Waals surface area (Å²) in [5.41, 5.74) is 0.152. The Kier molecular flexibility index (Phi) is 5.89. The van der Waals surface area contributed by atoms with Gasteiger partial charge in [0.05, 0.1) is 6.04 Å². The monoisotopic (exact) mass is 271 g/mol. The Labute approximate surface area is 112 Å². The fraction of sp³-hybridized carbons (Fsp3) is 0.500. The minimum Gasteiger partial charge on any atom is -0.369 e. The molecule has 0 bridgehead atoms. The van der Waals surface area contributed by atoms with E-state index in [-0.39, 0.29) is 11.5 Å². The van der Waals surface area contributed by atoms with Crippen LogP contribution in [0, 0.1) is 11.6 Å². The van der Waals surface area contributed by atoms with Crippen LogP contribution in [0.5, 0.6) is 0 Å². The summed E-state index contributed by atoms with van der Waals surface area (Å²) in [5.74, 6) is -1.39. The van der Waals surface area contributed by atoms with E-state index >= 15 is 0 Å². The number of halogens is 2. The number of nitrogens with one attached hydrogen (secondary N) is 1. The molecule has 5 heteroatoms. The number of rotatable bonds is 6. The smallest absolute Gasteiger partial charge is 0.249 e. The van der Waals surface area contributed by atoms with Crippen LogP contribution in [0.3, 0.4) is 0 Å². The summed E-state index contributed by atoms with van der Waals surface area (Å²) in [4.78, 5) is 11.8. The number of hydrogen-bond acceptors (Lipinski definition) is 2. The van der Waals surface area contributed by atoms with Gasteiger partial charge >= 0.3 is 0 Å². The van der Waals surface area contributed by atoms with E-state index in [1.807, 2.05) is 0 Å². The molecule has 0 aliphatic carbocycles. The van der Waals surface area contributed by atoms with Gasteiger partial charge in [0.15, 0.2) is 0 Å². The van der Waals surface area contributed by atoms with Crippen LogP contribution in [-0.4, -0.2) is 18.6 Å². The molecule has 1 aromatic carbocycles. The lowest BCUT2D eigenvalue weighted by Gasteiger charge is -2.20. The van der Waals surface area contributed by atoms with Crippen molar-refractivity contribution in [2.24, 2.45) is 0 Å². The molecule has 0 aliphatic heterocycles. The zero-order valence-electron chi connectivity index (χ0n) is 11.4. The van der Waals surface area contributed by atoms with E-state index in [9.17, 15) is 13.6 Å². The van der Waals surface area contributed by atoms with E-state index in [0.717, 1.165) is 18.2 Å². The third-order valence-corrected chi connectivity index (χ3v) is 2.84. The molecule has 0 fully saturated rings. The van der Waals surface area contributed by atoms with Crippen molar-refractivity contribution in [1.29, 1.82) is 0 Å². The average molecular weight is 271 g/mol. The molecular formula is C14H19F2NO2. The lowest BCUT2D eigenvalue weighted by atomic mass is 10.0. The number of benzene rings is 1. The summed E-state index contributed by atoms with van der Waals surface area (Å²) in [6, 6.07) is 2.66. The highest BCUT2D eigenvalue weighted by Crippen LogP contribution is 2.21. The maximum absolute atomic E-state index is 13.7. The van der Waals surface area contributed by atoms with Gasteiger partial charge in [-0.25, -0.2) is 8.78 Å². The Hall–Kier alpha value is -1.49. The van der Waals surface area contributed by atoms with Crippen molar-refractivity contribution in [1.82, 2.24) is 5.32 Å². The molecule has 3 nitrogen and oxygen atoms in total. The normalized spacial score (nSPS) is 13.9. The second-order valence-electron chi connectivity index (χ2n) is 4.23. The Morgan fingerprint density at radius 1 is 1.37 bits per heavy atom. The Morgan fingerprint density at radius 3 is 2.63 bits per heavy atom. The summed E-state index contributed by atoms with van der Waals surface area (Å²) in [7, 11) is 0. The van der Waals surface area contributed by atoms with Crippen LogP contribution >= 0.6 is 0 Å². The first-order chi connectivity index (χ1) is 8.99. The van der Waals surface area contributed by atoms with Gasteiger partial charge in [-0.3, -0.25) is 4.79 Å². The highest BCUT2D eigenvalue weighted by atomic mass is 19.1. The second kappa shape index (κ2) is 7.19. The van der Waals surface area contributed by atoms with Gasteiger partial charge < -0.3 is 10.1 Å². The summed E-state index contributed by atoms with van der Waals surface area (Å²) >= 11 is 0. The van der Waals surface area contributed by atoms with Gasteiger partial charge in [-0.15, -0.1) is 0 Å². The first-order valence-electron chi connectivity index (χ1n) is 6.36.